The lowest BCUT2D eigenvalue weighted by atomic mass is 10.0. The Labute approximate surface area is 169 Å². The first-order valence-corrected chi connectivity index (χ1v) is 10.0. The summed E-state index contributed by atoms with van der Waals surface area (Å²) in [5.74, 6) is -0.727. The van der Waals surface area contributed by atoms with E-state index in [0.717, 1.165) is 53.4 Å². The van der Waals surface area contributed by atoms with Crippen molar-refractivity contribution in [3.8, 4) is 0 Å². The molecule has 0 bridgehead atoms. The Morgan fingerprint density at radius 2 is 1.86 bits per heavy atom. The van der Waals surface area contributed by atoms with E-state index in [2.05, 4.69) is 16.7 Å². The maximum atomic E-state index is 12.5. The third-order valence-corrected chi connectivity index (χ3v) is 5.39. The number of benzene rings is 2. The van der Waals surface area contributed by atoms with Crippen LogP contribution >= 0.6 is 0 Å². The molecule has 1 aliphatic heterocycles. The van der Waals surface area contributed by atoms with Gasteiger partial charge in [0.15, 0.2) is 0 Å². The van der Waals surface area contributed by atoms with Crippen molar-refractivity contribution in [2.75, 3.05) is 19.8 Å². The van der Waals surface area contributed by atoms with E-state index in [4.69, 9.17) is 14.2 Å². The molecule has 1 fully saturated rings. The summed E-state index contributed by atoms with van der Waals surface area (Å²) in [7, 11) is 0. The van der Waals surface area contributed by atoms with Crippen molar-refractivity contribution in [3.63, 3.8) is 0 Å². The molecule has 3 aromatic rings. The second kappa shape index (κ2) is 8.25. The minimum absolute atomic E-state index is 0.112. The number of esters is 2. The summed E-state index contributed by atoms with van der Waals surface area (Å²) in [5.41, 5.74) is 3.35. The average molecular weight is 395 g/mol. The number of carbonyl (C=O) groups is 2. The van der Waals surface area contributed by atoms with Gasteiger partial charge in [0.2, 0.25) is 0 Å². The number of fused-ring (bicyclic) bond motifs is 3. The van der Waals surface area contributed by atoms with Crippen LogP contribution < -0.4 is 0 Å². The standard InChI is InChI=1S/C23H25NO5/c1-3-28-23(26)16-12-17(14-29-15(2)25)22-19-6-4-5-7-20(19)24(21(22)13-16)18-8-10-27-11-9-18/h4-7,12-13,18H,3,8-11,14H2,1-2H3. The van der Waals surface area contributed by atoms with E-state index in [1.54, 1.807) is 13.0 Å². The summed E-state index contributed by atoms with van der Waals surface area (Å²) in [6.45, 7) is 5.03. The van der Waals surface area contributed by atoms with Gasteiger partial charge in [0.25, 0.3) is 0 Å². The van der Waals surface area contributed by atoms with Gasteiger partial charge in [0.05, 0.1) is 17.7 Å². The highest BCUT2D eigenvalue weighted by molar-refractivity contribution is 6.11. The van der Waals surface area contributed by atoms with E-state index in [-0.39, 0.29) is 24.6 Å². The van der Waals surface area contributed by atoms with E-state index < -0.39 is 0 Å². The highest BCUT2D eigenvalue weighted by Gasteiger charge is 2.24. The zero-order valence-corrected chi connectivity index (χ0v) is 16.8. The largest absolute Gasteiger partial charge is 0.462 e. The molecule has 0 spiro atoms. The molecule has 1 aliphatic rings. The van der Waals surface area contributed by atoms with Crippen molar-refractivity contribution in [1.29, 1.82) is 0 Å². The van der Waals surface area contributed by atoms with Crippen molar-refractivity contribution in [2.24, 2.45) is 0 Å². The number of carbonyl (C=O) groups excluding carboxylic acids is 2. The van der Waals surface area contributed by atoms with Gasteiger partial charge in [-0.15, -0.1) is 0 Å². The van der Waals surface area contributed by atoms with E-state index in [0.29, 0.717) is 12.2 Å². The van der Waals surface area contributed by atoms with Crippen LogP contribution in [0.15, 0.2) is 36.4 Å². The average Bonchev–Trinajstić information content (AvgIpc) is 3.07. The maximum absolute atomic E-state index is 12.5. The van der Waals surface area contributed by atoms with Gasteiger partial charge in [-0.25, -0.2) is 4.79 Å². The molecular weight excluding hydrogens is 370 g/mol. The summed E-state index contributed by atoms with van der Waals surface area (Å²) >= 11 is 0. The Morgan fingerprint density at radius 1 is 1.10 bits per heavy atom. The SMILES string of the molecule is CCOC(=O)c1cc(COC(C)=O)c2c3ccccc3n(C3CCOCC3)c2c1. The van der Waals surface area contributed by atoms with Crippen LogP contribution in [-0.2, 0) is 25.6 Å². The molecule has 6 nitrogen and oxygen atoms in total. The van der Waals surface area contributed by atoms with Crippen LogP contribution in [0.3, 0.4) is 0 Å². The summed E-state index contributed by atoms with van der Waals surface area (Å²) in [6.07, 6.45) is 1.83. The molecule has 0 amide bonds. The van der Waals surface area contributed by atoms with E-state index >= 15 is 0 Å². The molecule has 152 valence electrons. The predicted octanol–water partition coefficient (Wildman–Crippen LogP) is 4.39. The molecule has 0 N–H and O–H groups in total. The van der Waals surface area contributed by atoms with Gasteiger partial charge in [0.1, 0.15) is 6.61 Å². The number of hydrogen-bond acceptors (Lipinski definition) is 5. The highest BCUT2D eigenvalue weighted by atomic mass is 16.5. The molecule has 1 saturated heterocycles. The number of nitrogens with zero attached hydrogens (tertiary/aromatic N) is 1. The third kappa shape index (κ3) is 3.72. The lowest BCUT2D eigenvalue weighted by molar-refractivity contribution is -0.142. The third-order valence-electron chi connectivity index (χ3n) is 5.39. The normalized spacial score (nSPS) is 15.0. The van der Waals surface area contributed by atoms with Crippen LogP contribution in [0.25, 0.3) is 21.8 Å². The molecule has 0 radical (unpaired) electrons. The minimum Gasteiger partial charge on any atom is -0.462 e. The smallest absolute Gasteiger partial charge is 0.338 e. The van der Waals surface area contributed by atoms with Gasteiger partial charge < -0.3 is 18.8 Å². The number of rotatable bonds is 5. The summed E-state index contributed by atoms with van der Waals surface area (Å²) in [4.78, 5) is 24.0. The summed E-state index contributed by atoms with van der Waals surface area (Å²) in [6, 6.07) is 12.2. The van der Waals surface area contributed by atoms with Crippen LogP contribution in [-0.4, -0.2) is 36.3 Å². The number of aromatic nitrogens is 1. The van der Waals surface area contributed by atoms with Crippen molar-refractivity contribution < 1.29 is 23.8 Å². The van der Waals surface area contributed by atoms with Gasteiger partial charge in [-0.1, -0.05) is 18.2 Å². The fraction of sp³-hybridized carbons (Fsp3) is 0.391. The minimum atomic E-state index is -0.373. The van der Waals surface area contributed by atoms with Crippen molar-refractivity contribution in [1.82, 2.24) is 4.57 Å². The Morgan fingerprint density at radius 3 is 2.59 bits per heavy atom. The van der Waals surface area contributed by atoms with Crippen LogP contribution in [0.4, 0.5) is 0 Å². The zero-order chi connectivity index (χ0) is 20.4. The maximum Gasteiger partial charge on any atom is 0.338 e. The second-order valence-corrected chi connectivity index (χ2v) is 7.26. The molecule has 2 heterocycles. The quantitative estimate of drug-likeness (QED) is 0.600. The lowest BCUT2D eigenvalue weighted by Crippen LogP contribution is -2.19. The highest BCUT2D eigenvalue weighted by Crippen LogP contribution is 2.38. The van der Waals surface area contributed by atoms with E-state index in [1.807, 2.05) is 18.2 Å². The van der Waals surface area contributed by atoms with Crippen molar-refractivity contribution in [3.05, 3.63) is 47.5 Å². The van der Waals surface area contributed by atoms with Crippen LogP contribution in [0, 0.1) is 0 Å². The van der Waals surface area contributed by atoms with Crippen LogP contribution in [0.2, 0.25) is 0 Å². The summed E-state index contributed by atoms with van der Waals surface area (Å²) < 4.78 is 18.4. The Bertz CT molecular complexity index is 1060. The van der Waals surface area contributed by atoms with Gasteiger partial charge in [-0.05, 0) is 38.0 Å². The molecule has 29 heavy (non-hydrogen) atoms. The molecule has 6 heteroatoms. The van der Waals surface area contributed by atoms with Crippen molar-refractivity contribution >= 4 is 33.7 Å². The Hall–Kier alpha value is -2.86. The summed E-state index contributed by atoms with van der Waals surface area (Å²) in [5, 5.41) is 2.10. The second-order valence-electron chi connectivity index (χ2n) is 7.26. The van der Waals surface area contributed by atoms with Crippen molar-refractivity contribution in [2.45, 2.75) is 39.3 Å². The number of ether oxygens (including phenoxy) is 3. The fourth-order valence-electron chi connectivity index (χ4n) is 4.17. The molecule has 0 atom stereocenters. The van der Waals surface area contributed by atoms with Crippen LogP contribution in [0.5, 0.6) is 0 Å². The first kappa shape index (κ1) is 19.5. The Balaban J connectivity index is 1.99. The van der Waals surface area contributed by atoms with Gasteiger partial charge in [-0.3, -0.25) is 4.79 Å². The zero-order valence-electron chi connectivity index (χ0n) is 16.8. The molecule has 2 aromatic carbocycles. The fourth-order valence-corrected chi connectivity index (χ4v) is 4.17. The van der Waals surface area contributed by atoms with Gasteiger partial charge in [-0.2, -0.15) is 0 Å². The molecule has 0 unspecified atom stereocenters. The van der Waals surface area contributed by atoms with Gasteiger partial charge >= 0.3 is 11.9 Å². The topological polar surface area (TPSA) is 66.8 Å². The van der Waals surface area contributed by atoms with E-state index in [1.165, 1.54) is 6.92 Å². The molecule has 0 aliphatic carbocycles. The number of hydrogen-bond donors (Lipinski definition) is 0. The first-order valence-electron chi connectivity index (χ1n) is 10.0. The molecule has 0 saturated carbocycles. The van der Waals surface area contributed by atoms with E-state index in [9.17, 15) is 9.59 Å². The molecular formula is C23H25NO5. The first-order chi connectivity index (χ1) is 14.1. The molecule has 1 aromatic heterocycles. The Kier molecular flexibility index (Phi) is 5.53. The molecule has 4 rings (SSSR count). The van der Waals surface area contributed by atoms with Gasteiger partial charge in [0, 0.05) is 48.0 Å². The van der Waals surface area contributed by atoms with Crippen LogP contribution in [0.1, 0.15) is 48.7 Å². The predicted molar refractivity (Wildman–Crippen MR) is 110 cm³/mol. The number of para-hydroxylation sites is 1. The monoisotopic (exact) mass is 395 g/mol. The lowest BCUT2D eigenvalue weighted by Gasteiger charge is -2.25.